The van der Waals surface area contributed by atoms with Crippen molar-refractivity contribution in [3.8, 4) is 22.6 Å². The molecule has 2 aromatic carbocycles. The summed E-state index contributed by atoms with van der Waals surface area (Å²) in [6.07, 6.45) is 0. The Morgan fingerprint density at radius 3 is 1.45 bits per heavy atom. The predicted octanol–water partition coefficient (Wildman–Crippen LogP) is 4.77. The zero-order valence-corrected chi connectivity index (χ0v) is 12.7. The fourth-order valence-corrected chi connectivity index (χ4v) is 2.47. The molecule has 0 saturated heterocycles. The molecule has 0 heterocycles. The molecule has 0 radical (unpaired) electrons. The number of benzene rings is 2. The molecule has 0 aliphatic heterocycles. The molecular formula is C18H22O2. The molecule has 0 saturated carbocycles. The maximum absolute atomic E-state index is 5.80. The first-order valence-corrected chi connectivity index (χ1v) is 7.14. The molecule has 2 heteroatoms. The van der Waals surface area contributed by atoms with Gasteiger partial charge < -0.3 is 9.47 Å². The van der Waals surface area contributed by atoms with Crippen molar-refractivity contribution in [1.29, 1.82) is 0 Å². The van der Waals surface area contributed by atoms with Crippen molar-refractivity contribution in [2.24, 2.45) is 0 Å². The van der Waals surface area contributed by atoms with E-state index in [0.717, 1.165) is 22.6 Å². The van der Waals surface area contributed by atoms with Crippen LogP contribution in [-0.4, -0.2) is 13.2 Å². The van der Waals surface area contributed by atoms with Crippen LogP contribution in [0.2, 0.25) is 0 Å². The smallest absolute Gasteiger partial charge is 0.127 e. The first-order chi connectivity index (χ1) is 9.69. The van der Waals surface area contributed by atoms with E-state index in [2.05, 4.69) is 26.0 Å². The van der Waals surface area contributed by atoms with Crippen molar-refractivity contribution < 1.29 is 9.47 Å². The third kappa shape index (κ3) is 2.79. The van der Waals surface area contributed by atoms with Crippen LogP contribution in [0.4, 0.5) is 0 Å². The monoisotopic (exact) mass is 270 g/mol. The van der Waals surface area contributed by atoms with Crippen molar-refractivity contribution >= 4 is 0 Å². The molecule has 0 aliphatic rings. The summed E-state index contributed by atoms with van der Waals surface area (Å²) in [5.74, 6) is 1.84. The molecule has 0 spiro atoms. The highest BCUT2D eigenvalue weighted by atomic mass is 16.5. The first kappa shape index (κ1) is 14.4. The Hall–Kier alpha value is -1.96. The number of hydrogen-bond acceptors (Lipinski definition) is 2. The minimum atomic E-state index is 0.659. The second-order valence-electron chi connectivity index (χ2n) is 4.76. The molecule has 0 atom stereocenters. The van der Waals surface area contributed by atoms with E-state index >= 15 is 0 Å². The van der Waals surface area contributed by atoms with Gasteiger partial charge in [-0.2, -0.15) is 0 Å². The van der Waals surface area contributed by atoms with Crippen LogP contribution in [0.3, 0.4) is 0 Å². The number of hydrogen-bond donors (Lipinski definition) is 0. The van der Waals surface area contributed by atoms with Gasteiger partial charge in [-0.25, -0.2) is 0 Å². The lowest BCUT2D eigenvalue weighted by atomic mass is 9.94. The van der Waals surface area contributed by atoms with Crippen LogP contribution in [-0.2, 0) is 0 Å². The second-order valence-corrected chi connectivity index (χ2v) is 4.76. The van der Waals surface area contributed by atoms with E-state index in [9.17, 15) is 0 Å². The number of rotatable bonds is 5. The lowest BCUT2D eigenvalue weighted by Gasteiger charge is -2.18. The highest BCUT2D eigenvalue weighted by molar-refractivity contribution is 5.81. The predicted molar refractivity (Wildman–Crippen MR) is 83.7 cm³/mol. The van der Waals surface area contributed by atoms with Gasteiger partial charge in [-0.15, -0.1) is 0 Å². The third-order valence-corrected chi connectivity index (χ3v) is 3.32. The Balaban J connectivity index is 2.67. The minimum Gasteiger partial charge on any atom is -0.493 e. The maximum atomic E-state index is 5.80. The molecule has 0 aliphatic carbocycles. The Bertz CT molecular complexity index is 534. The zero-order valence-electron chi connectivity index (χ0n) is 12.7. The van der Waals surface area contributed by atoms with Crippen LogP contribution in [0.5, 0.6) is 11.5 Å². The van der Waals surface area contributed by atoms with E-state index in [-0.39, 0.29) is 0 Å². The molecule has 106 valence electrons. The van der Waals surface area contributed by atoms with Gasteiger partial charge in [-0.05, 0) is 51.0 Å². The molecular weight excluding hydrogens is 248 g/mol. The maximum Gasteiger partial charge on any atom is 0.127 e. The number of ether oxygens (including phenoxy) is 2. The summed E-state index contributed by atoms with van der Waals surface area (Å²) in [5, 5.41) is 0. The Labute approximate surface area is 121 Å². The molecule has 0 N–H and O–H groups in total. The molecule has 20 heavy (non-hydrogen) atoms. The van der Waals surface area contributed by atoms with E-state index in [1.54, 1.807) is 0 Å². The largest absolute Gasteiger partial charge is 0.493 e. The fourth-order valence-electron chi connectivity index (χ4n) is 2.47. The SMILES string of the molecule is CCOc1cccc(C)c1-c1c(C)cccc1OCC. The zero-order chi connectivity index (χ0) is 14.5. The van der Waals surface area contributed by atoms with E-state index in [0.29, 0.717) is 13.2 Å². The fraction of sp³-hybridized carbons (Fsp3) is 0.333. The quantitative estimate of drug-likeness (QED) is 0.779. The van der Waals surface area contributed by atoms with Gasteiger partial charge in [-0.3, -0.25) is 0 Å². The summed E-state index contributed by atoms with van der Waals surface area (Å²) in [5.41, 5.74) is 4.67. The van der Waals surface area contributed by atoms with Gasteiger partial charge in [-0.1, -0.05) is 24.3 Å². The molecule has 0 unspecified atom stereocenters. The molecule has 0 aromatic heterocycles. The molecule has 0 bridgehead atoms. The van der Waals surface area contributed by atoms with Crippen LogP contribution in [0.15, 0.2) is 36.4 Å². The Morgan fingerprint density at radius 1 is 0.700 bits per heavy atom. The van der Waals surface area contributed by atoms with Gasteiger partial charge in [0.1, 0.15) is 11.5 Å². The lowest BCUT2D eigenvalue weighted by Crippen LogP contribution is -2.00. The summed E-state index contributed by atoms with van der Waals surface area (Å²) >= 11 is 0. The van der Waals surface area contributed by atoms with E-state index in [1.165, 1.54) is 11.1 Å². The lowest BCUT2D eigenvalue weighted by molar-refractivity contribution is 0.336. The average Bonchev–Trinajstić information content (AvgIpc) is 2.42. The normalized spacial score (nSPS) is 10.4. The van der Waals surface area contributed by atoms with Gasteiger partial charge >= 0.3 is 0 Å². The van der Waals surface area contributed by atoms with Gasteiger partial charge in [0.15, 0.2) is 0 Å². The number of aryl methyl sites for hydroxylation is 2. The van der Waals surface area contributed by atoms with Crippen molar-refractivity contribution in [3.05, 3.63) is 47.5 Å². The summed E-state index contributed by atoms with van der Waals surface area (Å²) in [6, 6.07) is 12.3. The van der Waals surface area contributed by atoms with E-state index in [1.807, 2.05) is 38.1 Å². The van der Waals surface area contributed by atoms with Crippen molar-refractivity contribution in [3.63, 3.8) is 0 Å². The standard InChI is InChI=1S/C18H22O2/c1-5-19-15-11-7-9-13(3)17(15)18-14(4)10-8-12-16(18)20-6-2/h7-12H,5-6H2,1-4H3. The van der Waals surface area contributed by atoms with Crippen molar-refractivity contribution in [2.45, 2.75) is 27.7 Å². The topological polar surface area (TPSA) is 18.5 Å². The summed E-state index contributed by atoms with van der Waals surface area (Å²) < 4.78 is 11.6. The van der Waals surface area contributed by atoms with Gasteiger partial charge in [0.25, 0.3) is 0 Å². The van der Waals surface area contributed by atoms with E-state index < -0.39 is 0 Å². The van der Waals surface area contributed by atoms with Gasteiger partial charge in [0.05, 0.1) is 13.2 Å². The Kier molecular flexibility index (Phi) is 4.67. The Morgan fingerprint density at radius 2 is 1.10 bits per heavy atom. The highest BCUT2D eigenvalue weighted by Gasteiger charge is 2.16. The summed E-state index contributed by atoms with van der Waals surface area (Å²) in [7, 11) is 0. The van der Waals surface area contributed by atoms with Crippen LogP contribution >= 0.6 is 0 Å². The molecule has 2 aromatic rings. The van der Waals surface area contributed by atoms with Gasteiger partial charge in [0, 0.05) is 11.1 Å². The first-order valence-electron chi connectivity index (χ1n) is 7.14. The second kappa shape index (κ2) is 6.47. The molecule has 0 amide bonds. The van der Waals surface area contributed by atoms with Crippen LogP contribution in [0.1, 0.15) is 25.0 Å². The van der Waals surface area contributed by atoms with Crippen molar-refractivity contribution in [1.82, 2.24) is 0 Å². The van der Waals surface area contributed by atoms with Crippen LogP contribution < -0.4 is 9.47 Å². The molecule has 0 fully saturated rings. The van der Waals surface area contributed by atoms with Crippen LogP contribution in [0, 0.1) is 13.8 Å². The molecule has 2 nitrogen and oxygen atoms in total. The highest BCUT2D eigenvalue weighted by Crippen LogP contribution is 2.40. The summed E-state index contributed by atoms with van der Waals surface area (Å²) in [4.78, 5) is 0. The molecule has 2 rings (SSSR count). The minimum absolute atomic E-state index is 0.659. The third-order valence-electron chi connectivity index (χ3n) is 3.32. The summed E-state index contributed by atoms with van der Waals surface area (Å²) in [6.45, 7) is 9.56. The average molecular weight is 270 g/mol. The van der Waals surface area contributed by atoms with Crippen LogP contribution in [0.25, 0.3) is 11.1 Å². The van der Waals surface area contributed by atoms with E-state index in [4.69, 9.17) is 9.47 Å². The van der Waals surface area contributed by atoms with Crippen molar-refractivity contribution in [2.75, 3.05) is 13.2 Å². The van der Waals surface area contributed by atoms with Gasteiger partial charge in [0.2, 0.25) is 0 Å².